The third-order valence-corrected chi connectivity index (χ3v) is 4.03. The van der Waals surface area contributed by atoms with E-state index >= 15 is 0 Å². The summed E-state index contributed by atoms with van der Waals surface area (Å²) in [5.74, 6) is 1.50. The molecule has 0 spiro atoms. The zero-order valence-corrected chi connectivity index (χ0v) is 15.3. The van der Waals surface area contributed by atoms with Gasteiger partial charge >= 0.3 is 0 Å². The molecule has 0 saturated heterocycles. The Bertz CT molecular complexity index is 826. The average molecular weight is 367 g/mol. The Morgan fingerprint density at radius 1 is 1.07 bits per heavy atom. The van der Waals surface area contributed by atoms with Crippen LogP contribution >= 0.6 is 0 Å². The van der Waals surface area contributed by atoms with Gasteiger partial charge in [-0.05, 0) is 55.8 Å². The molecule has 0 radical (unpaired) electrons. The molecule has 27 heavy (non-hydrogen) atoms. The lowest BCUT2D eigenvalue weighted by atomic mass is 10.1. The Morgan fingerprint density at radius 3 is 2.30 bits per heavy atom. The zero-order valence-electron chi connectivity index (χ0n) is 15.3. The molecule has 0 fully saturated rings. The molecule has 0 aromatic heterocycles. The Morgan fingerprint density at radius 2 is 1.70 bits per heavy atom. The second-order valence-electron chi connectivity index (χ2n) is 6.11. The topological polar surface area (TPSA) is 70.2 Å². The summed E-state index contributed by atoms with van der Waals surface area (Å²) in [5, 5.41) is 8.58. The van der Waals surface area contributed by atoms with E-state index in [2.05, 4.69) is 21.9 Å². The first-order valence-corrected chi connectivity index (χ1v) is 8.55. The van der Waals surface area contributed by atoms with E-state index < -0.39 is 6.04 Å². The van der Waals surface area contributed by atoms with Gasteiger partial charge < -0.3 is 10.6 Å². The molecule has 2 atom stereocenters. The maximum absolute atomic E-state index is 12.9. The van der Waals surface area contributed by atoms with Crippen LogP contribution in [0.2, 0.25) is 0 Å². The summed E-state index contributed by atoms with van der Waals surface area (Å²) in [6.07, 6.45) is 5.13. The Kier molecular flexibility index (Phi) is 7.09. The fourth-order valence-corrected chi connectivity index (χ4v) is 2.50. The Balaban J connectivity index is 1.94. The Hall–Kier alpha value is -3.17. The number of nitrogens with one attached hydrogen (secondary N) is 3. The van der Waals surface area contributed by atoms with Gasteiger partial charge in [0.25, 0.3) is 5.91 Å². The molecule has 5 nitrogen and oxygen atoms in total. The highest BCUT2D eigenvalue weighted by atomic mass is 19.1. The maximum atomic E-state index is 12.9. The molecule has 2 rings (SSSR count). The summed E-state index contributed by atoms with van der Waals surface area (Å²) in [7, 11) is 0. The van der Waals surface area contributed by atoms with Crippen molar-refractivity contribution in [2.24, 2.45) is 0 Å². The minimum Gasteiger partial charge on any atom is -0.344 e. The van der Waals surface area contributed by atoms with Crippen molar-refractivity contribution in [1.82, 2.24) is 10.6 Å². The molecule has 0 aliphatic carbocycles. The lowest BCUT2D eigenvalue weighted by Crippen LogP contribution is -2.43. The van der Waals surface area contributed by atoms with Crippen LogP contribution in [0.5, 0.6) is 0 Å². The normalized spacial score (nSPS) is 12.5. The number of amides is 2. The van der Waals surface area contributed by atoms with Crippen LogP contribution in [0.3, 0.4) is 0 Å². The Labute approximate surface area is 158 Å². The lowest BCUT2D eigenvalue weighted by Gasteiger charge is -2.20. The van der Waals surface area contributed by atoms with E-state index in [0.29, 0.717) is 11.3 Å². The SMILES string of the molecule is C#CCNC(=O)[C@@H](C)N[C@@H](C)c1ccc(NC(=O)c2ccc(F)cc2)cc1. The quantitative estimate of drug-likeness (QED) is 0.659. The summed E-state index contributed by atoms with van der Waals surface area (Å²) < 4.78 is 12.9. The average Bonchev–Trinajstić information content (AvgIpc) is 2.66. The van der Waals surface area contributed by atoms with Gasteiger partial charge in [-0.15, -0.1) is 6.42 Å². The van der Waals surface area contributed by atoms with Gasteiger partial charge in [-0.2, -0.15) is 0 Å². The van der Waals surface area contributed by atoms with Crippen LogP contribution in [0, 0.1) is 18.2 Å². The van der Waals surface area contributed by atoms with Gasteiger partial charge in [0, 0.05) is 17.3 Å². The van der Waals surface area contributed by atoms with Crippen LogP contribution in [-0.2, 0) is 4.79 Å². The van der Waals surface area contributed by atoms with Gasteiger partial charge in [0.1, 0.15) is 5.82 Å². The molecule has 2 aromatic rings. The first-order chi connectivity index (χ1) is 12.9. The van der Waals surface area contributed by atoms with Gasteiger partial charge in [-0.3, -0.25) is 14.9 Å². The monoisotopic (exact) mass is 367 g/mol. The largest absolute Gasteiger partial charge is 0.344 e. The van der Waals surface area contributed by atoms with Crippen molar-refractivity contribution in [3.05, 3.63) is 65.5 Å². The molecule has 0 aliphatic heterocycles. The van der Waals surface area contributed by atoms with Crippen molar-refractivity contribution in [1.29, 1.82) is 0 Å². The summed E-state index contributed by atoms with van der Waals surface area (Å²) in [6.45, 7) is 3.90. The van der Waals surface area contributed by atoms with Gasteiger partial charge in [0.05, 0.1) is 12.6 Å². The van der Waals surface area contributed by atoms with Crippen molar-refractivity contribution in [2.45, 2.75) is 25.9 Å². The molecular formula is C21H22FN3O2. The van der Waals surface area contributed by atoms with Crippen LogP contribution in [0.15, 0.2) is 48.5 Å². The summed E-state index contributed by atoms with van der Waals surface area (Å²) in [4.78, 5) is 24.0. The molecule has 6 heteroatoms. The van der Waals surface area contributed by atoms with Gasteiger partial charge in [-0.25, -0.2) is 4.39 Å². The van der Waals surface area contributed by atoms with Gasteiger partial charge in [0.15, 0.2) is 0 Å². The van der Waals surface area contributed by atoms with E-state index in [1.54, 1.807) is 19.1 Å². The maximum Gasteiger partial charge on any atom is 0.255 e. The molecule has 3 N–H and O–H groups in total. The number of carbonyl (C=O) groups excluding carboxylic acids is 2. The highest BCUT2D eigenvalue weighted by molar-refractivity contribution is 6.04. The van der Waals surface area contributed by atoms with E-state index in [0.717, 1.165) is 5.56 Å². The third-order valence-electron chi connectivity index (χ3n) is 4.03. The predicted octanol–water partition coefficient (Wildman–Crippen LogP) is 2.87. The smallest absolute Gasteiger partial charge is 0.255 e. The van der Waals surface area contributed by atoms with E-state index in [1.165, 1.54) is 24.3 Å². The number of anilines is 1. The van der Waals surface area contributed by atoms with Crippen LogP contribution < -0.4 is 16.0 Å². The number of benzene rings is 2. The minimum absolute atomic E-state index is 0.0709. The molecule has 0 aliphatic rings. The molecule has 0 heterocycles. The predicted molar refractivity (Wildman–Crippen MR) is 104 cm³/mol. The highest BCUT2D eigenvalue weighted by Crippen LogP contribution is 2.17. The number of terminal acetylenes is 1. The van der Waals surface area contributed by atoms with E-state index in [-0.39, 0.29) is 30.2 Å². The molecular weight excluding hydrogens is 345 g/mol. The second-order valence-corrected chi connectivity index (χ2v) is 6.11. The van der Waals surface area contributed by atoms with Crippen LogP contribution in [0.4, 0.5) is 10.1 Å². The fourth-order valence-electron chi connectivity index (χ4n) is 2.50. The molecule has 2 aromatic carbocycles. The minimum atomic E-state index is -0.397. The molecule has 0 bridgehead atoms. The van der Waals surface area contributed by atoms with Crippen LogP contribution in [-0.4, -0.2) is 24.4 Å². The summed E-state index contributed by atoms with van der Waals surface area (Å²) in [6, 6.07) is 12.2. The summed E-state index contributed by atoms with van der Waals surface area (Å²) in [5.41, 5.74) is 1.97. The van der Waals surface area contributed by atoms with Crippen molar-refractivity contribution >= 4 is 17.5 Å². The fraction of sp³-hybridized carbons (Fsp3) is 0.238. The number of halogens is 1. The van der Waals surface area contributed by atoms with Gasteiger partial charge in [-0.1, -0.05) is 18.1 Å². The van der Waals surface area contributed by atoms with E-state index in [1.807, 2.05) is 19.1 Å². The molecule has 140 valence electrons. The van der Waals surface area contributed by atoms with E-state index in [9.17, 15) is 14.0 Å². The first-order valence-electron chi connectivity index (χ1n) is 8.55. The molecule has 0 unspecified atom stereocenters. The van der Waals surface area contributed by atoms with Crippen molar-refractivity contribution in [3.8, 4) is 12.3 Å². The second kappa shape index (κ2) is 9.51. The van der Waals surface area contributed by atoms with Crippen molar-refractivity contribution in [3.63, 3.8) is 0 Å². The van der Waals surface area contributed by atoms with Crippen molar-refractivity contribution in [2.75, 3.05) is 11.9 Å². The highest BCUT2D eigenvalue weighted by Gasteiger charge is 2.15. The summed E-state index contributed by atoms with van der Waals surface area (Å²) >= 11 is 0. The first kappa shape index (κ1) is 20.1. The van der Waals surface area contributed by atoms with E-state index in [4.69, 9.17) is 6.42 Å². The standard InChI is InChI=1S/C21H22FN3O2/c1-4-13-23-20(26)15(3)24-14(2)16-7-11-19(12-8-16)25-21(27)17-5-9-18(22)10-6-17/h1,5-12,14-15,24H,13H2,2-3H3,(H,23,26)(H,25,27)/t14-,15+/m0/s1. The number of hydrogen-bond donors (Lipinski definition) is 3. The zero-order chi connectivity index (χ0) is 19.8. The number of carbonyl (C=O) groups is 2. The molecule has 0 saturated carbocycles. The molecule has 2 amide bonds. The van der Waals surface area contributed by atoms with Crippen LogP contribution in [0.1, 0.15) is 35.8 Å². The number of rotatable bonds is 7. The lowest BCUT2D eigenvalue weighted by molar-refractivity contribution is -0.122. The third kappa shape index (κ3) is 5.94. The van der Waals surface area contributed by atoms with Crippen molar-refractivity contribution < 1.29 is 14.0 Å². The van der Waals surface area contributed by atoms with Crippen LogP contribution in [0.25, 0.3) is 0 Å². The number of hydrogen-bond acceptors (Lipinski definition) is 3. The van der Waals surface area contributed by atoms with Gasteiger partial charge in [0.2, 0.25) is 5.91 Å².